The molecular formula is C10H10FNO5. The number of carbonyl (C=O) groups excluding carboxylic acids is 1. The quantitative estimate of drug-likeness (QED) is 0.446. The topological polar surface area (TPSA) is 78.7 Å². The molecule has 0 N–H and O–H groups in total. The molecule has 0 aromatic heterocycles. The fraction of sp³-hybridized carbons (Fsp3) is 0.300. The fourth-order valence-electron chi connectivity index (χ4n) is 1.12. The van der Waals surface area contributed by atoms with Gasteiger partial charge in [0.1, 0.15) is 0 Å². The van der Waals surface area contributed by atoms with E-state index in [9.17, 15) is 19.3 Å². The molecule has 0 aliphatic carbocycles. The average molecular weight is 243 g/mol. The summed E-state index contributed by atoms with van der Waals surface area (Å²) in [6.45, 7) is -0.186. The number of methoxy groups -OCH3 is 1. The van der Waals surface area contributed by atoms with Gasteiger partial charge in [-0.05, 0) is 6.07 Å². The molecule has 0 aliphatic heterocycles. The Morgan fingerprint density at radius 2 is 2.24 bits per heavy atom. The van der Waals surface area contributed by atoms with Crippen LogP contribution in [-0.2, 0) is 9.53 Å². The van der Waals surface area contributed by atoms with Crippen molar-refractivity contribution in [2.24, 2.45) is 0 Å². The highest BCUT2D eigenvalue weighted by molar-refractivity contribution is 5.69. The Balaban J connectivity index is 2.76. The number of para-hydroxylation sites is 1. The summed E-state index contributed by atoms with van der Waals surface area (Å²) in [5.74, 6) is -1.85. The van der Waals surface area contributed by atoms with Gasteiger partial charge in [-0.3, -0.25) is 14.9 Å². The van der Waals surface area contributed by atoms with Crippen molar-refractivity contribution in [3.63, 3.8) is 0 Å². The van der Waals surface area contributed by atoms with Crippen LogP contribution < -0.4 is 4.74 Å². The smallest absolute Gasteiger partial charge is 0.314 e. The second-order valence-electron chi connectivity index (χ2n) is 3.02. The number of rotatable bonds is 5. The second kappa shape index (κ2) is 5.78. The summed E-state index contributed by atoms with van der Waals surface area (Å²) in [4.78, 5) is 20.6. The molecule has 0 aliphatic rings. The maximum atomic E-state index is 13.3. The predicted octanol–water partition coefficient (Wildman–Crippen LogP) is 1.68. The highest BCUT2D eigenvalue weighted by Crippen LogP contribution is 2.29. The van der Waals surface area contributed by atoms with Crippen molar-refractivity contribution < 1.29 is 23.6 Å². The van der Waals surface area contributed by atoms with Crippen molar-refractivity contribution in [1.82, 2.24) is 0 Å². The van der Waals surface area contributed by atoms with Crippen LogP contribution in [0.5, 0.6) is 5.75 Å². The summed E-state index contributed by atoms with van der Waals surface area (Å²) < 4.78 is 22.5. The molecule has 0 radical (unpaired) electrons. The first-order valence-electron chi connectivity index (χ1n) is 4.68. The van der Waals surface area contributed by atoms with Crippen LogP contribution in [-0.4, -0.2) is 24.6 Å². The largest absolute Gasteiger partial charge is 0.484 e. The van der Waals surface area contributed by atoms with Gasteiger partial charge in [-0.15, -0.1) is 0 Å². The normalized spacial score (nSPS) is 9.76. The number of esters is 1. The van der Waals surface area contributed by atoms with E-state index in [1.807, 2.05) is 0 Å². The minimum Gasteiger partial charge on any atom is -0.484 e. The van der Waals surface area contributed by atoms with E-state index in [-0.39, 0.29) is 13.0 Å². The van der Waals surface area contributed by atoms with E-state index in [0.717, 1.165) is 12.1 Å². The number of benzene rings is 1. The fourth-order valence-corrected chi connectivity index (χ4v) is 1.12. The van der Waals surface area contributed by atoms with Crippen molar-refractivity contribution in [3.8, 4) is 5.75 Å². The lowest BCUT2D eigenvalue weighted by molar-refractivity contribution is -0.386. The Hall–Kier alpha value is -2.18. The summed E-state index contributed by atoms with van der Waals surface area (Å²) in [7, 11) is 1.20. The van der Waals surface area contributed by atoms with Crippen LogP contribution in [0, 0.1) is 15.9 Å². The molecule has 0 unspecified atom stereocenters. The Labute approximate surface area is 96.1 Å². The van der Waals surface area contributed by atoms with E-state index in [1.54, 1.807) is 0 Å². The van der Waals surface area contributed by atoms with Gasteiger partial charge < -0.3 is 9.47 Å². The highest BCUT2D eigenvalue weighted by atomic mass is 19.1. The first-order chi connectivity index (χ1) is 8.06. The number of halogens is 1. The molecule has 0 bridgehead atoms. The van der Waals surface area contributed by atoms with Gasteiger partial charge in [-0.2, -0.15) is 0 Å². The molecule has 92 valence electrons. The maximum Gasteiger partial charge on any atom is 0.314 e. The first kappa shape index (κ1) is 12.9. The van der Waals surface area contributed by atoms with Crippen molar-refractivity contribution in [2.75, 3.05) is 13.7 Å². The number of nitrogens with zero attached hydrogens (tertiary/aromatic N) is 1. The number of carbonyl (C=O) groups is 1. The van der Waals surface area contributed by atoms with Gasteiger partial charge >= 0.3 is 11.7 Å². The van der Waals surface area contributed by atoms with Gasteiger partial charge in [0.2, 0.25) is 5.75 Å². The minimum absolute atomic E-state index is 0.109. The van der Waals surface area contributed by atoms with E-state index < -0.39 is 28.1 Å². The average Bonchev–Trinajstić information content (AvgIpc) is 2.30. The van der Waals surface area contributed by atoms with Gasteiger partial charge in [0.15, 0.2) is 5.82 Å². The number of ether oxygens (including phenoxy) is 2. The van der Waals surface area contributed by atoms with Crippen LogP contribution >= 0.6 is 0 Å². The standard InChI is InChI=1S/C10H10FNO5/c1-16-9(13)5-6-17-10-7(11)3-2-4-8(10)12(14)15/h2-4H,5-6H2,1H3. The van der Waals surface area contributed by atoms with Crippen LogP contribution in [0.2, 0.25) is 0 Å². The van der Waals surface area contributed by atoms with Gasteiger partial charge in [-0.25, -0.2) is 4.39 Å². The lowest BCUT2D eigenvalue weighted by Crippen LogP contribution is -2.09. The molecule has 0 saturated carbocycles. The summed E-state index contributed by atoms with van der Waals surface area (Å²) >= 11 is 0. The van der Waals surface area contributed by atoms with Gasteiger partial charge in [-0.1, -0.05) is 6.07 Å². The summed E-state index contributed by atoms with van der Waals surface area (Å²) in [6.07, 6.45) is -0.109. The summed E-state index contributed by atoms with van der Waals surface area (Å²) in [6, 6.07) is 3.37. The zero-order valence-electron chi connectivity index (χ0n) is 9.01. The number of hydrogen-bond donors (Lipinski definition) is 0. The third-order valence-corrected chi connectivity index (χ3v) is 1.92. The molecule has 1 aromatic rings. The van der Waals surface area contributed by atoms with Gasteiger partial charge in [0, 0.05) is 6.07 Å². The Kier molecular flexibility index (Phi) is 4.38. The third kappa shape index (κ3) is 3.40. The second-order valence-corrected chi connectivity index (χ2v) is 3.02. The number of nitro groups is 1. The molecule has 6 nitrogen and oxygen atoms in total. The highest BCUT2D eigenvalue weighted by Gasteiger charge is 2.19. The molecule has 1 aromatic carbocycles. The predicted molar refractivity (Wildman–Crippen MR) is 55.2 cm³/mol. The Morgan fingerprint density at radius 3 is 2.82 bits per heavy atom. The molecule has 17 heavy (non-hydrogen) atoms. The summed E-state index contributed by atoms with van der Waals surface area (Å²) in [5, 5.41) is 10.6. The molecule has 7 heteroatoms. The SMILES string of the molecule is COC(=O)CCOc1c(F)cccc1[N+](=O)[O-]. The molecule has 0 amide bonds. The van der Waals surface area contributed by atoms with Crippen LogP contribution in [0.1, 0.15) is 6.42 Å². The monoisotopic (exact) mass is 243 g/mol. The zero-order valence-corrected chi connectivity index (χ0v) is 9.01. The van der Waals surface area contributed by atoms with Gasteiger partial charge in [0.05, 0.1) is 25.1 Å². The van der Waals surface area contributed by atoms with Crippen molar-refractivity contribution >= 4 is 11.7 Å². The summed E-state index contributed by atoms with van der Waals surface area (Å²) in [5.41, 5.74) is -0.477. The molecule has 0 spiro atoms. The van der Waals surface area contributed by atoms with Crippen molar-refractivity contribution in [1.29, 1.82) is 0 Å². The van der Waals surface area contributed by atoms with Crippen LogP contribution in [0.4, 0.5) is 10.1 Å². The Morgan fingerprint density at radius 1 is 1.53 bits per heavy atom. The molecular weight excluding hydrogens is 233 g/mol. The van der Waals surface area contributed by atoms with Crippen LogP contribution in [0.25, 0.3) is 0 Å². The lowest BCUT2D eigenvalue weighted by Gasteiger charge is -2.06. The molecule has 0 atom stereocenters. The van der Waals surface area contributed by atoms with E-state index in [1.165, 1.54) is 13.2 Å². The molecule has 0 heterocycles. The van der Waals surface area contributed by atoms with E-state index >= 15 is 0 Å². The molecule has 0 saturated heterocycles. The van der Waals surface area contributed by atoms with E-state index in [4.69, 9.17) is 4.74 Å². The van der Waals surface area contributed by atoms with Crippen molar-refractivity contribution in [2.45, 2.75) is 6.42 Å². The minimum atomic E-state index is -0.843. The first-order valence-corrected chi connectivity index (χ1v) is 4.68. The Bertz CT molecular complexity index is 435. The van der Waals surface area contributed by atoms with Crippen molar-refractivity contribution in [3.05, 3.63) is 34.1 Å². The van der Waals surface area contributed by atoms with Crippen LogP contribution in [0.15, 0.2) is 18.2 Å². The zero-order chi connectivity index (χ0) is 12.8. The lowest BCUT2D eigenvalue weighted by atomic mass is 10.3. The number of nitro benzene ring substituents is 1. The van der Waals surface area contributed by atoms with Crippen LogP contribution in [0.3, 0.4) is 0 Å². The molecule has 0 fully saturated rings. The number of hydrogen-bond acceptors (Lipinski definition) is 5. The van der Waals surface area contributed by atoms with E-state index in [0.29, 0.717) is 0 Å². The maximum absolute atomic E-state index is 13.3. The molecule has 1 rings (SSSR count). The third-order valence-electron chi connectivity index (χ3n) is 1.92. The van der Waals surface area contributed by atoms with Gasteiger partial charge in [0.25, 0.3) is 0 Å². The van der Waals surface area contributed by atoms with E-state index in [2.05, 4.69) is 4.74 Å².